The van der Waals surface area contributed by atoms with Crippen molar-refractivity contribution >= 4 is 18.2 Å². The van der Waals surface area contributed by atoms with Crippen molar-refractivity contribution in [1.82, 2.24) is 19.7 Å². The van der Waals surface area contributed by atoms with Gasteiger partial charge in [0, 0.05) is 12.4 Å². The van der Waals surface area contributed by atoms with Gasteiger partial charge in [0.15, 0.2) is 24.3 Å². The van der Waals surface area contributed by atoms with E-state index in [1.165, 1.54) is 11.0 Å². The topological polar surface area (TPSA) is 73.7 Å². The molecule has 1 N–H and O–H groups in total. The molecule has 1 saturated heterocycles. The first-order valence-electron chi connectivity index (χ1n) is 9.44. The monoisotopic (exact) mass is 417 g/mol. The van der Waals surface area contributed by atoms with E-state index >= 15 is 0 Å². The lowest BCUT2D eigenvalue weighted by molar-refractivity contribution is -0.924. The average molecular weight is 417 g/mol. The SMILES string of the molecule is C[C@H](Oc1ccccc1F)c1nn(C[NH+]2CCN(c3ncccn3)CC2)c(=S)o1. The van der Waals surface area contributed by atoms with E-state index < -0.39 is 11.9 Å². The number of quaternary nitrogens is 1. The fraction of sp³-hybridized carbons (Fsp3) is 0.368. The first-order chi connectivity index (χ1) is 14.1. The van der Waals surface area contributed by atoms with Gasteiger partial charge in [-0.1, -0.05) is 12.1 Å². The van der Waals surface area contributed by atoms with Crippen LogP contribution in [0.1, 0.15) is 18.9 Å². The Balaban J connectivity index is 1.36. The Morgan fingerprint density at radius 1 is 1.21 bits per heavy atom. The Morgan fingerprint density at radius 2 is 1.93 bits per heavy atom. The third-order valence-corrected chi connectivity index (χ3v) is 5.08. The number of nitrogens with one attached hydrogen (secondary N) is 1. The van der Waals surface area contributed by atoms with Crippen LogP contribution in [0.4, 0.5) is 10.3 Å². The van der Waals surface area contributed by atoms with E-state index in [-0.39, 0.29) is 10.6 Å². The second-order valence-electron chi connectivity index (χ2n) is 6.84. The Bertz CT molecular complexity index is 1000. The van der Waals surface area contributed by atoms with Crippen LogP contribution in [0.15, 0.2) is 47.1 Å². The maximum Gasteiger partial charge on any atom is 0.292 e. The lowest BCUT2D eigenvalue weighted by atomic mass is 10.3. The number of ether oxygens (including phenoxy) is 1. The van der Waals surface area contributed by atoms with E-state index in [1.807, 2.05) is 6.07 Å². The molecule has 4 rings (SSSR count). The number of halogens is 1. The van der Waals surface area contributed by atoms with Gasteiger partial charge in [0.25, 0.3) is 10.7 Å². The van der Waals surface area contributed by atoms with Gasteiger partial charge in [-0.05, 0) is 37.3 Å². The zero-order valence-corrected chi connectivity index (χ0v) is 16.8. The third kappa shape index (κ3) is 4.60. The van der Waals surface area contributed by atoms with Gasteiger partial charge in [-0.2, -0.15) is 4.68 Å². The lowest BCUT2D eigenvalue weighted by Gasteiger charge is -2.31. The Morgan fingerprint density at radius 3 is 2.66 bits per heavy atom. The van der Waals surface area contributed by atoms with Crippen molar-refractivity contribution in [1.29, 1.82) is 0 Å². The molecule has 8 nitrogen and oxygen atoms in total. The highest BCUT2D eigenvalue weighted by atomic mass is 32.1. The molecule has 3 aromatic rings. The first-order valence-corrected chi connectivity index (χ1v) is 9.85. The van der Waals surface area contributed by atoms with Crippen molar-refractivity contribution < 1.29 is 18.4 Å². The van der Waals surface area contributed by atoms with Gasteiger partial charge in [0.2, 0.25) is 5.95 Å². The van der Waals surface area contributed by atoms with Crippen LogP contribution in [0.5, 0.6) is 5.75 Å². The van der Waals surface area contributed by atoms with Gasteiger partial charge in [0.05, 0.1) is 26.2 Å². The summed E-state index contributed by atoms with van der Waals surface area (Å²) < 4.78 is 26.7. The van der Waals surface area contributed by atoms with Crippen molar-refractivity contribution in [3.63, 3.8) is 0 Å². The van der Waals surface area contributed by atoms with E-state index in [0.29, 0.717) is 12.6 Å². The van der Waals surface area contributed by atoms with Crippen LogP contribution < -0.4 is 14.5 Å². The van der Waals surface area contributed by atoms with Crippen molar-refractivity contribution in [2.75, 3.05) is 31.1 Å². The Labute approximate surface area is 172 Å². The summed E-state index contributed by atoms with van der Waals surface area (Å²) in [6.07, 6.45) is 2.95. The highest BCUT2D eigenvalue weighted by Gasteiger charge is 2.24. The zero-order valence-electron chi connectivity index (χ0n) is 16.0. The first kappa shape index (κ1) is 19.5. The smallest absolute Gasteiger partial charge is 0.292 e. The predicted octanol–water partition coefficient (Wildman–Crippen LogP) is 1.64. The molecule has 0 spiro atoms. The maximum absolute atomic E-state index is 13.8. The van der Waals surface area contributed by atoms with Crippen LogP contribution in [-0.4, -0.2) is 45.9 Å². The number of hydrogen-bond acceptors (Lipinski definition) is 7. The molecular formula is C19H22FN6O2S+. The molecule has 1 aromatic carbocycles. The fourth-order valence-electron chi connectivity index (χ4n) is 3.22. The minimum Gasteiger partial charge on any atom is -0.478 e. The Kier molecular flexibility index (Phi) is 5.81. The molecule has 0 bridgehead atoms. The Hall–Kier alpha value is -2.85. The summed E-state index contributed by atoms with van der Waals surface area (Å²) in [6.45, 7) is 5.86. The lowest BCUT2D eigenvalue weighted by Crippen LogP contribution is -3.14. The van der Waals surface area contributed by atoms with Crippen LogP contribution in [0.25, 0.3) is 0 Å². The van der Waals surface area contributed by atoms with Crippen molar-refractivity contribution in [2.45, 2.75) is 19.7 Å². The number of para-hydroxylation sites is 1. The van der Waals surface area contributed by atoms with Gasteiger partial charge >= 0.3 is 0 Å². The molecule has 0 radical (unpaired) electrons. The van der Waals surface area contributed by atoms with Crippen LogP contribution in [0.2, 0.25) is 0 Å². The molecule has 1 aliphatic rings. The van der Waals surface area contributed by atoms with Gasteiger partial charge in [-0.15, -0.1) is 5.10 Å². The standard InChI is InChI=1S/C19H21FN6O2S/c1-14(27-16-6-3-2-5-15(16)20)17-23-26(19(29)28-17)13-24-9-11-25(12-10-24)18-21-7-4-8-22-18/h2-8,14H,9-13H2,1H3/p+1/t14-/m0/s1. The quantitative estimate of drug-likeness (QED) is 0.611. The number of aromatic nitrogens is 4. The number of piperazine rings is 1. The summed E-state index contributed by atoms with van der Waals surface area (Å²) in [4.78, 5) is 12.4. The maximum atomic E-state index is 13.8. The van der Waals surface area contributed by atoms with Crippen molar-refractivity contribution in [3.05, 3.63) is 59.3 Å². The highest BCUT2D eigenvalue weighted by molar-refractivity contribution is 7.71. The van der Waals surface area contributed by atoms with E-state index in [1.54, 1.807) is 42.2 Å². The van der Waals surface area contributed by atoms with Gasteiger partial charge in [-0.25, -0.2) is 14.4 Å². The largest absolute Gasteiger partial charge is 0.478 e. The number of anilines is 1. The molecule has 152 valence electrons. The van der Waals surface area contributed by atoms with Crippen LogP contribution >= 0.6 is 12.2 Å². The summed E-state index contributed by atoms with van der Waals surface area (Å²) in [7, 11) is 0. The normalized spacial score (nSPS) is 16.0. The van der Waals surface area contributed by atoms with E-state index in [2.05, 4.69) is 20.0 Å². The van der Waals surface area contributed by atoms with Crippen LogP contribution in [0, 0.1) is 10.7 Å². The average Bonchev–Trinajstić information content (AvgIpc) is 3.11. The molecule has 0 unspecified atom stereocenters. The molecule has 1 fully saturated rings. The van der Waals surface area contributed by atoms with Crippen LogP contribution in [0.3, 0.4) is 0 Å². The highest BCUT2D eigenvalue weighted by Crippen LogP contribution is 2.23. The third-order valence-electron chi connectivity index (χ3n) is 4.79. The molecule has 0 aliphatic carbocycles. The second-order valence-corrected chi connectivity index (χ2v) is 7.19. The van der Waals surface area contributed by atoms with Gasteiger partial charge < -0.3 is 19.0 Å². The summed E-state index contributed by atoms with van der Waals surface area (Å²) in [5.74, 6) is 0.808. The number of benzene rings is 1. The molecule has 10 heteroatoms. The van der Waals surface area contributed by atoms with E-state index in [0.717, 1.165) is 32.1 Å². The summed E-state index contributed by atoms with van der Waals surface area (Å²) in [5, 5.41) is 4.45. The number of hydrogen-bond donors (Lipinski definition) is 1. The van der Waals surface area contributed by atoms with Crippen molar-refractivity contribution in [3.8, 4) is 5.75 Å². The number of rotatable bonds is 6. The molecule has 29 heavy (non-hydrogen) atoms. The zero-order chi connectivity index (χ0) is 20.2. The van der Waals surface area contributed by atoms with E-state index in [9.17, 15) is 4.39 Å². The summed E-state index contributed by atoms with van der Waals surface area (Å²) in [6, 6.07) is 8.05. The van der Waals surface area contributed by atoms with Crippen LogP contribution in [-0.2, 0) is 6.67 Å². The summed E-state index contributed by atoms with van der Waals surface area (Å²) in [5.41, 5.74) is 0. The molecular weight excluding hydrogens is 395 g/mol. The second kappa shape index (κ2) is 8.66. The molecule has 1 atom stereocenters. The molecule has 2 aromatic heterocycles. The predicted molar refractivity (Wildman–Crippen MR) is 106 cm³/mol. The van der Waals surface area contributed by atoms with E-state index in [4.69, 9.17) is 21.4 Å². The van der Waals surface area contributed by atoms with Crippen molar-refractivity contribution in [2.24, 2.45) is 0 Å². The molecule has 3 heterocycles. The van der Waals surface area contributed by atoms with Gasteiger partial charge in [0.1, 0.15) is 0 Å². The number of nitrogens with zero attached hydrogens (tertiary/aromatic N) is 5. The molecule has 1 aliphatic heterocycles. The molecule has 0 saturated carbocycles. The summed E-state index contributed by atoms with van der Waals surface area (Å²) >= 11 is 5.31. The minimum atomic E-state index is -0.558. The fourth-order valence-corrected chi connectivity index (χ4v) is 3.41. The molecule has 0 amide bonds. The minimum absolute atomic E-state index is 0.153. The van der Waals surface area contributed by atoms with Gasteiger partial charge in [-0.3, -0.25) is 0 Å².